The second-order valence-electron chi connectivity index (χ2n) is 5.52. The van der Waals surface area contributed by atoms with Gasteiger partial charge in [0.05, 0.1) is 10.7 Å². The summed E-state index contributed by atoms with van der Waals surface area (Å²) in [5, 5.41) is 4.62. The van der Waals surface area contributed by atoms with Crippen molar-refractivity contribution in [1.82, 2.24) is 10.3 Å². The first-order valence-corrected chi connectivity index (χ1v) is 8.39. The quantitative estimate of drug-likeness (QED) is 0.889. The highest BCUT2D eigenvalue weighted by Gasteiger charge is 2.22. The first kappa shape index (κ1) is 13.8. The molecule has 3 rings (SSSR count). The van der Waals surface area contributed by atoms with Crippen LogP contribution in [0.5, 0.6) is 0 Å². The number of hydrogen-bond acceptors (Lipinski definition) is 3. The van der Waals surface area contributed by atoms with Gasteiger partial charge in [0.2, 0.25) is 0 Å². The van der Waals surface area contributed by atoms with Gasteiger partial charge in [0.25, 0.3) is 0 Å². The topological polar surface area (TPSA) is 24.9 Å². The minimum Gasteiger partial charge on any atom is -0.319 e. The molecule has 1 saturated carbocycles. The van der Waals surface area contributed by atoms with E-state index in [9.17, 15) is 0 Å². The largest absolute Gasteiger partial charge is 0.319 e. The molecule has 0 bridgehead atoms. The third kappa shape index (κ3) is 2.94. The van der Waals surface area contributed by atoms with Crippen molar-refractivity contribution in [2.24, 2.45) is 0 Å². The molecule has 0 aliphatic heterocycles. The van der Waals surface area contributed by atoms with E-state index in [1.165, 1.54) is 46.8 Å². The Morgan fingerprint density at radius 2 is 1.95 bits per heavy atom. The summed E-state index contributed by atoms with van der Waals surface area (Å²) in [6.07, 6.45) is 6.47. The highest BCUT2D eigenvalue weighted by atomic mass is 32.1. The van der Waals surface area contributed by atoms with Crippen molar-refractivity contribution in [2.45, 2.75) is 38.0 Å². The van der Waals surface area contributed by atoms with Crippen LogP contribution in [0.4, 0.5) is 0 Å². The van der Waals surface area contributed by atoms with Crippen LogP contribution < -0.4 is 5.32 Å². The van der Waals surface area contributed by atoms with Gasteiger partial charge in [-0.15, -0.1) is 11.3 Å². The lowest BCUT2D eigenvalue weighted by atomic mass is 10.1. The van der Waals surface area contributed by atoms with E-state index in [4.69, 9.17) is 4.98 Å². The van der Waals surface area contributed by atoms with E-state index in [0.29, 0.717) is 5.92 Å². The lowest BCUT2D eigenvalue weighted by Crippen LogP contribution is -2.09. The molecule has 0 unspecified atom stereocenters. The number of nitrogens with zero attached hydrogens (tertiary/aromatic N) is 1. The molecule has 1 aromatic heterocycles. The van der Waals surface area contributed by atoms with Gasteiger partial charge in [0.1, 0.15) is 0 Å². The average Bonchev–Trinajstić information content (AvgIpc) is 3.15. The Morgan fingerprint density at radius 1 is 1.20 bits per heavy atom. The lowest BCUT2D eigenvalue weighted by molar-refractivity contribution is 0.717. The van der Waals surface area contributed by atoms with E-state index in [1.54, 1.807) is 0 Å². The number of thiazole rings is 1. The Morgan fingerprint density at radius 3 is 2.65 bits per heavy atom. The first-order valence-electron chi connectivity index (χ1n) is 7.58. The van der Waals surface area contributed by atoms with Crippen LogP contribution in [-0.2, 0) is 6.42 Å². The second-order valence-corrected chi connectivity index (χ2v) is 6.64. The summed E-state index contributed by atoms with van der Waals surface area (Å²) in [6, 6.07) is 10.6. The van der Waals surface area contributed by atoms with E-state index in [-0.39, 0.29) is 0 Å². The van der Waals surface area contributed by atoms with E-state index < -0.39 is 0 Å². The Kier molecular flexibility index (Phi) is 4.48. The molecule has 1 aliphatic rings. The standard InChI is InChI=1S/C17H22N2S/c1-18-12-11-15-16(13-7-3-2-4-8-13)19-17(20-15)14-9-5-6-10-14/h2-4,7-8,14,18H,5-6,9-12H2,1H3. The molecule has 1 fully saturated rings. The van der Waals surface area contributed by atoms with Gasteiger partial charge in [0, 0.05) is 16.4 Å². The maximum absolute atomic E-state index is 5.01. The molecule has 20 heavy (non-hydrogen) atoms. The molecule has 0 atom stereocenters. The molecule has 1 aliphatic carbocycles. The summed E-state index contributed by atoms with van der Waals surface area (Å²) in [5.41, 5.74) is 2.48. The zero-order valence-corrected chi connectivity index (χ0v) is 12.9. The van der Waals surface area contributed by atoms with Crippen LogP contribution in [0.25, 0.3) is 11.3 Å². The molecule has 1 aromatic carbocycles. The predicted molar refractivity (Wildman–Crippen MR) is 86.4 cm³/mol. The van der Waals surface area contributed by atoms with Crippen LogP contribution in [-0.4, -0.2) is 18.6 Å². The van der Waals surface area contributed by atoms with Crippen LogP contribution in [0.15, 0.2) is 30.3 Å². The van der Waals surface area contributed by atoms with Gasteiger partial charge >= 0.3 is 0 Å². The number of nitrogens with one attached hydrogen (secondary N) is 1. The van der Waals surface area contributed by atoms with Gasteiger partial charge in [-0.1, -0.05) is 43.2 Å². The maximum Gasteiger partial charge on any atom is 0.0966 e. The number of likely N-dealkylation sites (N-methyl/N-ethyl adjacent to an activating group) is 1. The highest BCUT2D eigenvalue weighted by molar-refractivity contribution is 7.12. The minimum absolute atomic E-state index is 0.714. The zero-order chi connectivity index (χ0) is 13.8. The summed E-state index contributed by atoms with van der Waals surface area (Å²) < 4.78 is 0. The van der Waals surface area contributed by atoms with Gasteiger partial charge in [-0.2, -0.15) is 0 Å². The molecular weight excluding hydrogens is 264 g/mol. The fraction of sp³-hybridized carbons (Fsp3) is 0.471. The fourth-order valence-electron chi connectivity index (χ4n) is 2.95. The minimum atomic E-state index is 0.714. The molecule has 0 spiro atoms. The summed E-state index contributed by atoms with van der Waals surface area (Å²) in [7, 11) is 2.01. The Balaban J connectivity index is 1.93. The van der Waals surface area contributed by atoms with Crippen molar-refractivity contribution in [3.8, 4) is 11.3 Å². The van der Waals surface area contributed by atoms with Crippen molar-refractivity contribution in [3.63, 3.8) is 0 Å². The number of hydrogen-bond donors (Lipinski definition) is 1. The number of benzene rings is 1. The SMILES string of the molecule is CNCCc1sc(C2CCCC2)nc1-c1ccccc1. The summed E-state index contributed by atoms with van der Waals surface area (Å²) >= 11 is 1.94. The van der Waals surface area contributed by atoms with Crippen molar-refractivity contribution in [2.75, 3.05) is 13.6 Å². The van der Waals surface area contributed by atoms with E-state index in [2.05, 4.69) is 35.6 Å². The predicted octanol–water partition coefficient (Wildman–Crippen LogP) is 4.23. The lowest BCUT2D eigenvalue weighted by Gasteiger charge is -2.02. The Hall–Kier alpha value is -1.19. The van der Waals surface area contributed by atoms with Crippen LogP contribution >= 0.6 is 11.3 Å². The number of aromatic nitrogens is 1. The molecule has 2 aromatic rings. The van der Waals surface area contributed by atoms with E-state index in [0.717, 1.165) is 13.0 Å². The fourth-order valence-corrected chi connectivity index (χ4v) is 4.20. The maximum atomic E-state index is 5.01. The second kappa shape index (κ2) is 6.51. The molecule has 2 nitrogen and oxygen atoms in total. The average molecular weight is 286 g/mol. The summed E-state index contributed by atoms with van der Waals surface area (Å²) in [4.78, 5) is 6.44. The molecule has 3 heteroatoms. The van der Waals surface area contributed by atoms with Crippen LogP contribution in [0, 0.1) is 0 Å². The zero-order valence-electron chi connectivity index (χ0n) is 12.1. The number of rotatable bonds is 5. The van der Waals surface area contributed by atoms with Crippen molar-refractivity contribution in [3.05, 3.63) is 40.2 Å². The molecule has 106 valence electrons. The van der Waals surface area contributed by atoms with Gasteiger partial charge in [-0.3, -0.25) is 0 Å². The normalized spacial score (nSPS) is 15.8. The van der Waals surface area contributed by atoms with Gasteiger partial charge in [-0.05, 0) is 32.9 Å². The smallest absolute Gasteiger partial charge is 0.0966 e. The molecule has 0 saturated heterocycles. The Bertz CT molecular complexity index is 541. The van der Waals surface area contributed by atoms with Gasteiger partial charge in [0.15, 0.2) is 0 Å². The molecule has 1 N–H and O–H groups in total. The first-order chi connectivity index (χ1) is 9.88. The monoisotopic (exact) mass is 286 g/mol. The van der Waals surface area contributed by atoms with Gasteiger partial charge < -0.3 is 5.32 Å². The molecule has 0 amide bonds. The third-order valence-corrected chi connectivity index (χ3v) is 5.35. The van der Waals surface area contributed by atoms with E-state index >= 15 is 0 Å². The van der Waals surface area contributed by atoms with Crippen LogP contribution in [0.1, 0.15) is 41.5 Å². The van der Waals surface area contributed by atoms with Crippen molar-refractivity contribution in [1.29, 1.82) is 0 Å². The molecular formula is C17H22N2S. The third-order valence-electron chi connectivity index (χ3n) is 4.07. The Labute approximate surface area is 125 Å². The summed E-state index contributed by atoms with van der Waals surface area (Å²) in [6.45, 7) is 1.02. The van der Waals surface area contributed by atoms with E-state index in [1.807, 2.05) is 18.4 Å². The van der Waals surface area contributed by atoms with Crippen LogP contribution in [0.3, 0.4) is 0 Å². The summed E-state index contributed by atoms with van der Waals surface area (Å²) in [5.74, 6) is 0.714. The van der Waals surface area contributed by atoms with Crippen molar-refractivity contribution >= 4 is 11.3 Å². The van der Waals surface area contributed by atoms with Gasteiger partial charge in [-0.25, -0.2) is 4.98 Å². The van der Waals surface area contributed by atoms with Crippen LogP contribution in [0.2, 0.25) is 0 Å². The molecule has 0 radical (unpaired) electrons. The van der Waals surface area contributed by atoms with Crippen molar-refractivity contribution < 1.29 is 0 Å². The molecule has 1 heterocycles. The highest BCUT2D eigenvalue weighted by Crippen LogP contribution is 2.39.